The molecule has 1 saturated heterocycles. The summed E-state index contributed by atoms with van der Waals surface area (Å²) >= 11 is 6.24. The van der Waals surface area contributed by atoms with Crippen molar-refractivity contribution in [2.45, 2.75) is 19.4 Å². The summed E-state index contributed by atoms with van der Waals surface area (Å²) in [6.07, 6.45) is 1.81. The largest absolute Gasteiger partial charge is 0.338 e. The lowest BCUT2D eigenvalue weighted by atomic mass is 9.97. The van der Waals surface area contributed by atoms with Crippen LogP contribution in [0.1, 0.15) is 18.7 Å². The summed E-state index contributed by atoms with van der Waals surface area (Å²) in [7, 11) is 0. The van der Waals surface area contributed by atoms with Crippen LogP contribution in [0.3, 0.4) is 0 Å². The fourth-order valence-electron chi connectivity index (χ4n) is 4.19. The first-order chi connectivity index (χ1) is 15.7. The van der Waals surface area contributed by atoms with Crippen LogP contribution >= 0.6 is 11.6 Å². The molecule has 0 aliphatic carbocycles. The molecule has 7 heteroatoms. The van der Waals surface area contributed by atoms with E-state index in [0.29, 0.717) is 29.8 Å². The van der Waals surface area contributed by atoms with E-state index in [4.69, 9.17) is 16.1 Å². The maximum atomic E-state index is 12.9. The molecule has 0 radical (unpaired) electrons. The maximum Gasteiger partial charge on any atom is 0.241 e. The topological polar surface area (TPSA) is 71.3 Å². The van der Waals surface area contributed by atoms with E-state index in [1.165, 1.54) is 0 Å². The van der Waals surface area contributed by atoms with Gasteiger partial charge in [-0.3, -0.25) is 9.69 Å². The van der Waals surface area contributed by atoms with Crippen molar-refractivity contribution in [1.82, 2.24) is 15.0 Å². The quantitative estimate of drug-likeness (QED) is 0.444. The fourth-order valence-corrected chi connectivity index (χ4v) is 4.41. The van der Waals surface area contributed by atoms with Crippen LogP contribution in [-0.4, -0.2) is 34.0 Å². The van der Waals surface area contributed by atoms with Crippen molar-refractivity contribution in [1.29, 1.82) is 0 Å². The number of likely N-dealkylation sites (tertiary alicyclic amines) is 1. The van der Waals surface area contributed by atoms with Crippen LogP contribution in [0.5, 0.6) is 0 Å². The van der Waals surface area contributed by atoms with Crippen LogP contribution < -0.4 is 5.32 Å². The minimum absolute atomic E-state index is 0.0484. The Labute approximate surface area is 191 Å². The first-order valence-electron chi connectivity index (χ1n) is 10.8. The Morgan fingerprint density at radius 1 is 1.09 bits per heavy atom. The van der Waals surface area contributed by atoms with Gasteiger partial charge in [0, 0.05) is 17.8 Å². The molecule has 3 aromatic carbocycles. The van der Waals surface area contributed by atoms with E-state index < -0.39 is 0 Å². The molecule has 1 aliphatic heterocycles. The van der Waals surface area contributed by atoms with E-state index in [1.807, 2.05) is 48.5 Å². The molecule has 0 spiro atoms. The molecule has 2 heterocycles. The summed E-state index contributed by atoms with van der Waals surface area (Å²) in [6, 6.07) is 21.6. The summed E-state index contributed by atoms with van der Waals surface area (Å²) in [5.74, 6) is 0.970. The second-order valence-corrected chi connectivity index (χ2v) is 8.52. The van der Waals surface area contributed by atoms with Crippen molar-refractivity contribution in [2.75, 3.05) is 18.4 Å². The maximum absolute atomic E-state index is 12.9. The highest BCUT2D eigenvalue weighted by atomic mass is 35.5. The minimum Gasteiger partial charge on any atom is -0.338 e. The Kier molecular flexibility index (Phi) is 5.88. The van der Waals surface area contributed by atoms with Gasteiger partial charge in [-0.05, 0) is 54.4 Å². The van der Waals surface area contributed by atoms with Gasteiger partial charge in [-0.1, -0.05) is 59.2 Å². The van der Waals surface area contributed by atoms with E-state index in [1.54, 1.807) is 6.07 Å². The zero-order chi connectivity index (χ0) is 21.9. The Bertz CT molecular complexity index is 1260. The Hall–Kier alpha value is -3.22. The minimum atomic E-state index is -0.0822. The second-order valence-electron chi connectivity index (χ2n) is 8.12. The van der Waals surface area contributed by atoms with E-state index >= 15 is 0 Å². The number of benzene rings is 3. The van der Waals surface area contributed by atoms with Gasteiger partial charge in [-0.25, -0.2) is 0 Å². The van der Waals surface area contributed by atoms with Gasteiger partial charge < -0.3 is 9.84 Å². The SMILES string of the molecule is O=C(Nc1ccc2ccccc2c1)C1CCCN(Cc2nc(-c3ccccc3Cl)no2)C1. The molecule has 0 bridgehead atoms. The zero-order valence-corrected chi connectivity index (χ0v) is 18.3. The predicted octanol–water partition coefficient (Wildman–Crippen LogP) is 5.39. The van der Waals surface area contributed by atoms with Crippen LogP contribution in [-0.2, 0) is 11.3 Å². The molecule has 1 amide bonds. The monoisotopic (exact) mass is 446 g/mol. The second kappa shape index (κ2) is 9.10. The molecule has 32 heavy (non-hydrogen) atoms. The summed E-state index contributed by atoms with van der Waals surface area (Å²) in [6.45, 7) is 2.06. The number of fused-ring (bicyclic) bond motifs is 1. The van der Waals surface area contributed by atoms with Crippen LogP contribution in [0, 0.1) is 5.92 Å². The molecule has 0 saturated carbocycles. The van der Waals surface area contributed by atoms with Gasteiger partial charge in [0.1, 0.15) is 0 Å². The molecule has 1 aliphatic rings. The van der Waals surface area contributed by atoms with Crippen LogP contribution in [0.2, 0.25) is 5.02 Å². The van der Waals surface area contributed by atoms with Gasteiger partial charge in [0.25, 0.3) is 0 Å². The van der Waals surface area contributed by atoms with Crippen molar-refractivity contribution in [2.24, 2.45) is 5.92 Å². The smallest absolute Gasteiger partial charge is 0.241 e. The number of aromatic nitrogens is 2. The predicted molar refractivity (Wildman–Crippen MR) is 125 cm³/mol. The summed E-state index contributed by atoms with van der Waals surface area (Å²) in [5, 5.41) is 10.0. The highest BCUT2D eigenvalue weighted by Crippen LogP contribution is 2.26. The van der Waals surface area contributed by atoms with Crippen LogP contribution in [0.25, 0.3) is 22.2 Å². The van der Waals surface area contributed by atoms with Gasteiger partial charge in [0.05, 0.1) is 17.5 Å². The van der Waals surface area contributed by atoms with Crippen molar-refractivity contribution in [3.8, 4) is 11.4 Å². The highest BCUT2D eigenvalue weighted by Gasteiger charge is 2.27. The number of hydrogen-bond acceptors (Lipinski definition) is 5. The van der Waals surface area contributed by atoms with Crippen LogP contribution in [0.15, 0.2) is 71.3 Å². The average Bonchev–Trinajstić information content (AvgIpc) is 3.27. The number of amides is 1. The number of carbonyl (C=O) groups excluding carboxylic acids is 1. The number of carbonyl (C=O) groups is 1. The van der Waals surface area contributed by atoms with E-state index in [-0.39, 0.29) is 11.8 Å². The molecular weight excluding hydrogens is 424 g/mol. The first-order valence-corrected chi connectivity index (χ1v) is 11.1. The number of halogens is 1. The number of nitrogens with one attached hydrogen (secondary N) is 1. The van der Waals surface area contributed by atoms with Crippen LogP contribution in [0.4, 0.5) is 5.69 Å². The molecule has 1 aromatic heterocycles. The first kappa shape index (κ1) is 20.7. The van der Waals surface area contributed by atoms with Crippen molar-refractivity contribution in [3.63, 3.8) is 0 Å². The molecule has 1 fully saturated rings. The summed E-state index contributed by atoms with van der Waals surface area (Å²) < 4.78 is 5.45. The number of rotatable bonds is 5. The third kappa shape index (κ3) is 4.52. The Morgan fingerprint density at radius 2 is 1.91 bits per heavy atom. The lowest BCUT2D eigenvalue weighted by molar-refractivity contribution is -0.121. The lowest BCUT2D eigenvalue weighted by Crippen LogP contribution is -2.40. The molecule has 1 N–H and O–H groups in total. The Balaban J connectivity index is 1.22. The normalized spacial score (nSPS) is 16.8. The summed E-state index contributed by atoms with van der Waals surface area (Å²) in [5.41, 5.74) is 1.57. The molecule has 4 aromatic rings. The van der Waals surface area contributed by atoms with Gasteiger partial charge in [-0.2, -0.15) is 4.98 Å². The van der Waals surface area contributed by atoms with Gasteiger partial charge >= 0.3 is 0 Å². The standard InChI is InChI=1S/C25H23ClN4O2/c26-22-10-4-3-9-21(22)24-28-23(32-29-24)16-30-13-5-8-19(15-30)25(31)27-20-12-11-17-6-1-2-7-18(17)14-20/h1-4,6-7,9-12,14,19H,5,8,13,15-16H2,(H,27,31). The van der Waals surface area contributed by atoms with E-state index in [0.717, 1.165) is 41.4 Å². The fraction of sp³-hybridized carbons (Fsp3) is 0.240. The lowest BCUT2D eigenvalue weighted by Gasteiger charge is -2.30. The average molecular weight is 447 g/mol. The summed E-state index contributed by atoms with van der Waals surface area (Å²) in [4.78, 5) is 19.6. The number of anilines is 1. The molecular formula is C25H23ClN4O2. The molecule has 6 nitrogen and oxygen atoms in total. The van der Waals surface area contributed by atoms with Gasteiger partial charge in [0.15, 0.2) is 0 Å². The number of nitrogens with zero attached hydrogens (tertiary/aromatic N) is 3. The van der Waals surface area contributed by atoms with E-state index in [2.05, 4.69) is 32.5 Å². The molecule has 5 rings (SSSR count). The number of piperidine rings is 1. The Morgan fingerprint density at radius 3 is 2.78 bits per heavy atom. The van der Waals surface area contributed by atoms with Crippen molar-refractivity contribution in [3.05, 3.63) is 77.6 Å². The van der Waals surface area contributed by atoms with E-state index in [9.17, 15) is 4.79 Å². The van der Waals surface area contributed by atoms with Crippen molar-refractivity contribution < 1.29 is 9.32 Å². The molecule has 1 atom stereocenters. The number of hydrogen-bond donors (Lipinski definition) is 1. The third-order valence-electron chi connectivity index (χ3n) is 5.84. The van der Waals surface area contributed by atoms with Crippen molar-refractivity contribution >= 4 is 34.0 Å². The zero-order valence-electron chi connectivity index (χ0n) is 17.5. The van der Waals surface area contributed by atoms with Gasteiger partial charge in [0.2, 0.25) is 17.6 Å². The van der Waals surface area contributed by atoms with Gasteiger partial charge in [-0.15, -0.1) is 0 Å². The third-order valence-corrected chi connectivity index (χ3v) is 6.16. The molecule has 162 valence electrons. The highest BCUT2D eigenvalue weighted by molar-refractivity contribution is 6.33. The molecule has 1 unspecified atom stereocenters.